The van der Waals surface area contributed by atoms with Gasteiger partial charge in [-0.2, -0.15) is 0 Å². The number of carbonyl (C=O) groups is 2. The van der Waals surface area contributed by atoms with Crippen LogP contribution in [-0.2, 0) is 16.0 Å². The maximum absolute atomic E-state index is 11.1. The lowest BCUT2D eigenvalue weighted by Crippen LogP contribution is -2.02. The van der Waals surface area contributed by atoms with Crippen molar-refractivity contribution in [1.29, 1.82) is 0 Å². The molecular weight excluding hydrogens is 182 g/mol. The first kappa shape index (κ1) is 10.4. The third kappa shape index (κ3) is 2.69. The van der Waals surface area contributed by atoms with E-state index in [2.05, 4.69) is 4.74 Å². The van der Waals surface area contributed by atoms with Crippen molar-refractivity contribution >= 4 is 11.8 Å². The van der Waals surface area contributed by atoms with E-state index in [1.807, 2.05) is 0 Å². The lowest BCUT2D eigenvalue weighted by molar-refractivity contribution is -0.116. The van der Waals surface area contributed by atoms with E-state index in [9.17, 15) is 9.59 Å². The molecule has 0 saturated carbocycles. The molecule has 3 nitrogen and oxygen atoms in total. The highest BCUT2D eigenvalue weighted by Gasteiger charge is 2.04. The molecule has 0 N–H and O–H groups in total. The van der Waals surface area contributed by atoms with Crippen molar-refractivity contribution in [2.45, 2.75) is 13.3 Å². The maximum Gasteiger partial charge on any atom is 0.337 e. The highest BCUT2D eigenvalue weighted by Crippen LogP contribution is 2.06. The Bertz CT molecular complexity index is 338. The van der Waals surface area contributed by atoms with Gasteiger partial charge in [0.2, 0.25) is 0 Å². The van der Waals surface area contributed by atoms with E-state index < -0.39 is 0 Å². The van der Waals surface area contributed by atoms with Crippen LogP contribution in [-0.4, -0.2) is 18.9 Å². The molecule has 1 aromatic carbocycles. The maximum atomic E-state index is 11.1. The number of carbonyl (C=O) groups excluding carboxylic acids is 2. The van der Waals surface area contributed by atoms with Gasteiger partial charge in [-0.15, -0.1) is 0 Å². The SMILES string of the molecule is COC(=O)c1ccc([14CH2]C(C)=O)cc1. The Hall–Kier alpha value is -1.64. The molecule has 1 rings (SSSR count). The van der Waals surface area contributed by atoms with E-state index >= 15 is 0 Å². The zero-order chi connectivity index (χ0) is 10.6. The Kier molecular flexibility index (Phi) is 3.40. The van der Waals surface area contributed by atoms with Crippen molar-refractivity contribution in [2.24, 2.45) is 0 Å². The summed E-state index contributed by atoms with van der Waals surface area (Å²) in [6.07, 6.45) is 0.404. The number of hydrogen-bond acceptors (Lipinski definition) is 3. The van der Waals surface area contributed by atoms with Crippen molar-refractivity contribution in [1.82, 2.24) is 0 Å². The van der Waals surface area contributed by atoms with Crippen LogP contribution in [0.25, 0.3) is 0 Å². The Morgan fingerprint density at radius 3 is 2.21 bits per heavy atom. The average Bonchev–Trinajstić information content (AvgIpc) is 2.17. The van der Waals surface area contributed by atoms with Crippen LogP contribution in [0.5, 0.6) is 0 Å². The molecule has 1 aromatic rings. The van der Waals surface area contributed by atoms with E-state index in [1.54, 1.807) is 24.3 Å². The minimum atomic E-state index is -0.362. The second-order valence-electron chi connectivity index (χ2n) is 3.07. The lowest BCUT2D eigenvalue weighted by atomic mass is 10.2. The molecule has 0 fully saturated rings. The molecule has 0 saturated heterocycles. The molecule has 0 spiro atoms. The number of ketones is 1. The van der Waals surface area contributed by atoms with Gasteiger partial charge in [0.1, 0.15) is 5.78 Å². The van der Waals surface area contributed by atoms with Gasteiger partial charge >= 0.3 is 5.97 Å². The number of rotatable bonds is 3. The van der Waals surface area contributed by atoms with Gasteiger partial charge in [-0.1, -0.05) is 12.1 Å². The smallest absolute Gasteiger partial charge is 0.337 e. The van der Waals surface area contributed by atoms with Gasteiger partial charge in [0, 0.05) is 6.42 Å². The summed E-state index contributed by atoms with van der Waals surface area (Å²) in [5, 5.41) is 0. The zero-order valence-electron chi connectivity index (χ0n) is 8.24. The highest BCUT2D eigenvalue weighted by atomic mass is 16.5. The molecule has 0 aliphatic rings. The quantitative estimate of drug-likeness (QED) is 0.686. The fourth-order valence-corrected chi connectivity index (χ4v) is 1.16. The molecule has 0 amide bonds. The molecule has 0 atom stereocenters. The molecule has 0 heterocycles. The molecule has 74 valence electrons. The third-order valence-corrected chi connectivity index (χ3v) is 1.83. The molecule has 0 aliphatic heterocycles. The molecule has 0 aliphatic carbocycles. The predicted molar refractivity (Wildman–Crippen MR) is 52.2 cm³/mol. The van der Waals surface area contributed by atoms with Gasteiger partial charge in [0.15, 0.2) is 0 Å². The summed E-state index contributed by atoms with van der Waals surface area (Å²) < 4.78 is 4.55. The summed E-state index contributed by atoms with van der Waals surface area (Å²) in [5.74, 6) is -0.254. The second kappa shape index (κ2) is 4.56. The monoisotopic (exact) mass is 194 g/mol. The number of Topliss-reactive ketones (excluding diaryl/α,β-unsaturated/α-hetero) is 1. The van der Waals surface area contributed by atoms with Crippen LogP contribution >= 0.6 is 0 Å². The average molecular weight is 194 g/mol. The summed E-state index contributed by atoms with van der Waals surface area (Å²) in [6.45, 7) is 1.54. The van der Waals surface area contributed by atoms with Crippen LogP contribution < -0.4 is 0 Å². The minimum absolute atomic E-state index is 0.107. The molecule has 0 aromatic heterocycles. The molecule has 0 bridgehead atoms. The van der Waals surface area contributed by atoms with Crippen molar-refractivity contribution in [3.05, 3.63) is 35.4 Å². The number of methoxy groups -OCH3 is 1. The first-order valence-electron chi connectivity index (χ1n) is 4.30. The van der Waals surface area contributed by atoms with E-state index in [-0.39, 0.29) is 11.8 Å². The molecule has 0 unspecified atom stereocenters. The first-order chi connectivity index (χ1) is 6.63. The summed E-state index contributed by atoms with van der Waals surface area (Å²) in [5.41, 5.74) is 1.41. The van der Waals surface area contributed by atoms with E-state index in [0.717, 1.165) is 5.56 Å². The Morgan fingerprint density at radius 2 is 1.79 bits per heavy atom. The summed E-state index contributed by atoms with van der Waals surface area (Å²) >= 11 is 0. The van der Waals surface area contributed by atoms with E-state index in [4.69, 9.17) is 0 Å². The molecular formula is C11H12O3. The van der Waals surface area contributed by atoms with E-state index in [1.165, 1.54) is 14.0 Å². The van der Waals surface area contributed by atoms with Crippen molar-refractivity contribution in [3.8, 4) is 0 Å². The van der Waals surface area contributed by atoms with Gasteiger partial charge in [0.25, 0.3) is 0 Å². The Labute approximate surface area is 82.7 Å². The van der Waals surface area contributed by atoms with Crippen LogP contribution in [0.15, 0.2) is 24.3 Å². The normalized spacial score (nSPS) is 9.57. The van der Waals surface area contributed by atoms with E-state index in [0.29, 0.717) is 12.0 Å². The Morgan fingerprint density at radius 1 is 1.21 bits per heavy atom. The van der Waals surface area contributed by atoms with Crippen LogP contribution in [0.1, 0.15) is 22.8 Å². The first-order valence-corrected chi connectivity index (χ1v) is 4.30. The van der Waals surface area contributed by atoms with Gasteiger partial charge in [-0.05, 0) is 24.6 Å². The van der Waals surface area contributed by atoms with Gasteiger partial charge in [-0.25, -0.2) is 4.79 Å². The second-order valence-corrected chi connectivity index (χ2v) is 3.07. The zero-order valence-corrected chi connectivity index (χ0v) is 8.24. The van der Waals surface area contributed by atoms with Crippen molar-refractivity contribution < 1.29 is 14.3 Å². The Balaban J connectivity index is 2.78. The number of ether oxygens (including phenoxy) is 1. The fraction of sp³-hybridized carbons (Fsp3) is 0.273. The van der Waals surface area contributed by atoms with Crippen LogP contribution in [0.4, 0.5) is 0 Å². The third-order valence-electron chi connectivity index (χ3n) is 1.83. The molecule has 3 heteroatoms. The van der Waals surface area contributed by atoms with Crippen molar-refractivity contribution in [3.63, 3.8) is 0 Å². The summed E-state index contributed by atoms with van der Waals surface area (Å²) in [6, 6.07) is 6.83. The van der Waals surface area contributed by atoms with Crippen LogP contribution in [0.3, 0.4) is 0 Å². The number of esters is 1. The minimum Gasteiger partial charge on any atom is -0.465 e. The predicted octanol–water partition coefficient (Wildman–Crippen LogP) is 1.60. The topological polar surface area (TPSA) is 43.4 Å². The van der Waals surface area contributed by atoms with Crippen LogP contribution in [0.2, 0.25) is 0 Å². The summed E-state index contributed by atoms with van der Waals surface area (Å²) in [7, 11) is 1.34. The molecule has 14 heavy (non-hydrogen) atoms. The van der Waals surface area contributed by atoms with Gasteiger partial charge in [0.05, 0.1) is 12.7 Å². The largest absolute Gasteiger partial charge is 0.465 e. The highest BCUT2D eigenvalue weighted by molar-refractivity contribution is 5.89. The lowest BCUT2D eigenvalue weighted by Gasteiger charge is -2.00. The fourth-order valence-electron chi connectivity index (χ4n) is 1.16. The molecule has 0 radical (unpaired) electrons. The van der Waals surface area contributed by atoms with Crippen molar-refractivity contribution in [2.75, 3.05) is 7.11 Å². The van der Waals surface area contributed by atoms with Gasteiger partial charge < -0.3 is 4.74 Å². The van der Waals surface area contributed by atoms with Crippen LogP contribution in [0, 0.1) is 0 Å². The van der Waals surface area contributed by atoms with Gasteiger partial charge in [-0.3, -0.25) is 4.79 Å². The number of benzene rings is 1. The standard InChI is InChI=1S/C11H12O3/c1-8(12)7-9-3-5-10(6-4-9)11(13)14-2/h3-6H,7H2,1-2H3/i7+2. The summed E-state index contributed by atoms with van der Waals surface area (Å²) in [4.78, 5) is 21.9. The number of hydrogen-bond donors (Lipinski definition) is 0.